The predicted octanol–water partition coefficient (Wildman–Crippen LogP) is 0.366. The maximum Gasteiger partial charge on any atom is 0.489 e. The van der Waals surface area contributed by atoms with E-state index in [1.165, 1.54) is 10.8 Å². The van der Waals surface area contributed by atoms with Gasteiger partial charge < -0.3 is 10.0 Å². The summed E-state index contributed by atoms with van der Waals surface area (Å²) in [5.41, 5.74) is -0.407. The molecule has 1 rings (SSSR count). The van der Waals surface area contributed by atoms with E-state index in [9.17, 15) is 8.78 Å². The van der Waals surface area contributed by atoms with Crippen LogP contribution in [0.3, 0.4) is 0 Å². The molecule has 0 amide bonds. The van der Waals surface area contributed by atoms with Crippen molar-refractivity contribution < 1.29 is 18.8 Å². The normalized spacial score (nSPS) is 10.6. The molecule has 0 unspecified atom stereocenters. The summed E-state index contributed by atoms with van der Waals surface area (Å²) in [7, 11) is -1.80. The third-order valence-corrected chi connectivity index (χ3v) is 2.02. The number of hydrogen-bond donors (Lipinski definition) is 2. The van der Waals surface area contributed by atoms with Crippen LogP contribution in [0, 0.1) is 0 Å². The Morgan fingerprint density at radius 1 is 1.36 bits per heavy atom. The number of alkyl halides is 2. The molecule has 11 heavy (non-hydrogen) atoms. The van der Waals surface area contributed by atoms with E-state index < -0.39 is 13.5 Å². The van der Waals surface area contributed by atoms with Gasteiger partial charge in [0, 0.05) is 11.0 Å². The van der Waals surface area contributed by atoms with Crippen molar-refractivity contribution >= 4 is 23.9 Å². The van der Waals surface area contributed by atoms with Crippen LogP contribution in [-0.4, -0.2) is 17.2 Å². The molecular weight excluding hydrogens is 173 g/mol. The molecule has 1 aromatic heterocycles. The molecule has 0 atom stereocenters. The lowest BCUT2D eigenvalue weighted by atomic mass is 9.80. The van der Waals surface area contributed by atoms with Crippen molar-refractivity contribution in [1.82, 2.24) is 0 Å². The molecule has 0 saturated heterocycles. The zero-order chi connectivity index (χ0) is 8.43. The number of halogens is 2. The second kappa shape index (κ2) is 3.29. The molecular formula is C5H5BF2O2S. The third kappa shape index (κ3) is 1.77. The minimum atomic E-state index is -2.64. The standard InChI is InChI=1S/C5H5BF2O2S/c7-5(8)3-1-11-2-4(3)6(9)10/h1-2,5,9-10H. The summed E-state index contributed by atoms with van der Waals surface area (Å²) in [4.78, 5) is 0. The van der Waals surface area contributed by atoms with Crippen molar-refractivity contribution in [2.75, 3.05) is 0 Å². The largest absolute Gasteiger partial charge is 0.489 e. The Labute approximate surface area is 66.2 Å². The molecule has 0 fully saturated rings. The SMILES string of the molecule is OB(O)c1cscc1C(F)F. The molecule has 2 nitrogen and oxygen atoms in total. The van der Waals surface area contributed by atoms with Crippen LogP contribution < -0.4 is 5.46 Å². The molecule has 0 saturated carbocycles. The lowest BCUT2D eigenvalue weighted by Gasteiger charge is -1.99. The van der Waals surface area contributed by atoms with Crippen LogP contribution in [0.2, 0.25) is 0 Å². The molecule has 0 aromatic carbocycles. The van der Waals surface area contributed by atoms with Crippen molar-refractivity contribution in [3.8, 4) is 0 Å². The fourth-order valence-corrected chi connectivity index (χ4v) is 1.56. The Balaban J connectivity index is 2.96. The first-order valence-corrected chi connectivity index (χ1v) is 3.77. The van der Waals surface area contributed by atoms with E-state index in [-0.39, 0.29) is 11.0 Å². The van der Waals surface area contributed by atoms with Gasteiger partial charge in [-0.1, -0.05) is 0 Å². The van der Waals surface area contributed by atoms with Crippen LogP contribution in [0.15, 0.2) is 10.8 Å². The van der Waals surface area contributed by atoms with E-state index >= 15 is 0 Å². The maximum atomic E-state index is 12.0. The van der Waals surface area contributed by atoms with Gasteiger partial charge in [-0.25, -0.2) is 8.78 Å². The van der Waals surface area contributed by atoms with Crippen molar-refractivity contribution in [2.24, 2.45) is 0 Å². The smallest absolute Gasteiger partial charge is 0.423 e. The third-order valence-electron chi connectivity index (χ3n) is 1.24. The van der Waals surface area contributed by atoms with E-state index in [1.54, 1.807) is 0 Å². The van der Waals surface area contributed by atoms with Crippen LogP contribution >= 0.6 is 11.3 Å². The molecule has 0 bridgehead atoms. The first kappa shape index (κ1) is 8.64. The zero-order valence-corrected chi connectivity index (χ0v) is 6.18. The molecule has 0 aliphatic carbocycles. The van der Waals surface area contributed by atoms with E-state index in [0.717, 1.165) is 11.3 Å². The van der Waals surface area contributed by atoms with Gasteiger partial charge in [0.25, 0.3) is 6.43 Å². The van der Waals surface area contributed by atoms with Crippen molar-refractivity contribution in [3.05, 3.63) is 16.3 Å². The Kier molecular flexibility index (Phi) is 2.59. The van der Waals surface area contributed by atoms with E-state index in [2.05, 4.69) is 0 Å². The van der Waals surface area contributed by atoms with Gasteiger partial charge in [0.05, 0.1) is 0 Å². The van der Waals surface area contributed by atoms with Crippen LogP contribution in [0.25, 0.3) is 0 Å². The minimum absolute atomic E-state index is 0.106. The topological polar surface area (TPSA) is 40.5 Å². The monoisotopic (exact) mass is 178 g/mol. The van der Waals surface area contributed by atoms with E-state index in [4.69, 9.17) is 10.0 Å². The molecule has 6 heteroatoms. The highest BCUT2D eigenvalue weighted by Gasteiger charge is 2.21. The zero-order valence-electron chi connectivity index (χ0n) is 5.37. The van der Waals surface area contributed by atoms with Gasteiger partial charge in [-0.3, -0.25) is 0 Å². The lowest BCUT2D eigenvalue weighted by molar-refractivity contribution is 0.152. The van der Waals surface area contributed by atoms with Gasteiger partial charge in [0.1, 0.15) is 0 Å². The van der Waals surface area contributed by atoms with Crippen molar-refractivity contribution in [1.29, 1.82) is 0 Å². The van der Waals surface area contributed by atoms with Crippen LogP contribution in [0.1, 0.15) is 12.0 Å². The summed E-state index contributed by atoms with van der Waals surface area (Å²) in [5.74, 6) is 0. The molecule has 1 aromatic rings. The fourth-order valence-electron chi connectivity index (χ4n) is 0.704. The van der Waals surface area contributed by atoms with E-state index in [0.29, 0.717) is 0 Å². The van der Waals surface area contributed by atoms with Crippen molar-refractivity contribution in [3.63, 3.8) is 0 Å². The number of hydrogen-bond acceptors (Lipinski definition) is 3. The lowest BCUT2D eigenvalue weighted by Crippen LogP contribution is -2.31. The fraction of sp³-hybridized carbons (Fsp3) is 0.200. The highest BCUT2D eigenvalue weighted by atomic mass is 32.1. The van der Waals surface area contributed by atoms with Crippen molar-refractivity contribution in [2.45, 2.75) is 6.43 Å². The number of thiophene rings is 1. The molecule has 0 spiro atoms. The van der Waals surface area contributed by atoms with Crippen LogP contribution in [0.4, 0.5) is 8.78 Å². The summed E-state index contributed by atoms with van der Waals surface area (Å²) in [5, 5.41) is 19.6. The Bertz CT molecular complexity index is 216. The Morgan fingerprint density at radius 3 is 2.36 bits per heavy atom. The van der Waals surface area contributed by atoms with Gasteiger partial charge in [-0.05, 0) is 10.8 Å². The average molecular weight is 178 g/mol. The number of rotatable bonds is 2. The highest BCUT2D eigenvalue weighted by Crippen LogP contribution is 2.19. The summed E-state index contributed by atoms with van der Waals surface area (Å²) >= 11 is 1.02. The summed E-state index contributed by atoms with van der Waals surface area (Å²) < 4.78 is 24.0. The second-order valence-electron chi connectivity index (χ2n) is 1.96. The van der Waals surface area contributed by atoms with Gasteiger partial charge >= 0.3 is 7.12 Å². The molecule has 0 aliphatic heterocycles. The van der Waals surface area contributed by atoms with Gasteiger partial charge in [0.2, 0.25) is 0 Å². The Morgan fingerprint density at radius 2 is 2.00 bits per heavy atom. The first-order chi connectivity index (χ1) is 5.13. The average Bonchev–Trinajstić information content (AvgIpc) is 2.32. The van der Waals surface area contributed by atoms with Gasteiger partial charge in [-0.2, -0.15) is 11.3 Å². The molecule has 2 N–H and O–H groups in total. The molecule has 0 aliphatic rings. The molecule has 60 valence electrons. The molecule has 0 radical (unpaired) electrons. The minimum Gasteiger partial charge on any atom is -0.423 e. The van der Waals surface area contributed by atoms with Gasteiger partial charge in [0.15, 0.2) is 0 Å². The van der Waals surface area contributed by atoms with E-state index in [1.807, 2.05) is 0 Å². The van der Waals surface area contributed by atoms with Crippen LogP contribution in [-0.2, 0) is 0 Å². The first-order valence-electron chi connectivity index (χ1n) is 2.83. The Hall–Kier alpha value is -0.455. The maximum absolute atomic E-state index is 12.0. The molecule has 1 heterocycles. The predicted molar refractivity (Wildman–Crippen MR) is 39.1 cm³/mol. The second-order valence-corrected chi connectivity index (χ2v) is 2.70. The highest BCUT2D eigenvalue weighted by molar-refractivity contribution is 7.09. The van der Waals surface area contributed by atoms with Gasteiger partial charge in [-0.15, -0.1) is 0 Å². The summed E-state index contributed by atoms with van der Waals surface area (Å²) in [6.07, 6.45) is -2.64. The summed E-state index contributed by atoms with van der Waals surface area (Å²) in [6.45, 7) is 0. The summed E-state index contributed by atoms with van der Waals surface area (Å²) in [6, 6.07) is 0. The van der Waals surface area contributed by atoms with Crippen LogP contribution in [0.5, 0.6) is 0 Å². The quantitative estimate of drug-likeness (QED) is 0.642.